The lowest BCUT2D eigenvalue weighted by Crippen LogP contribution is -2.16. The van der Waals surface area contributed by atoms with Gasteiger partial charge < -0.3 is 9.72 Å². The fraction of sp³-hybridized carbons (Fsp3) is 0.286. The first-order valence-electron chi connectivity index (χ1n) is 6.23. The highest BCUT2D eigenvalue weighted by atomic mass is 127. The molecule has 1 saturated carbocycles. The van der Waals surface area contributed by atoms with E-state index >= 15 is 0 Å². The van der Waals surface area contributed by atoms with Crippen molar-refractivity contribution in [3.8, 4) is 17.1 Å². The average Bonchev–Trinajstić information content (AvgIpc) is 3.26. The Balaban J connectivity index is 2.17. The number of halogens is 2. The van der Waals surface area contributed by atoms with Crippen LogP contribution in [0.2, 0.25) is 5.02 Å². The molecule has 104 valence electrons. The summed E-state index contributed by atoms with van der Waals surface area (Å²) in [5, 5.41) is 0.584. The summed E-state index contributed by atoms with van der Waals surface area (Å²) in [5.41, 5.74) is 1.53. The Hall–Kier alpha value is -1.08. The zero-order chi connectivity index (χ0) is 14.3. The summed E-state index contributed by atoms with van der Waals surface area (Å²) in [6, 6.07) is 5.28. The van der Waals surface area contributed by atoms with Gasteiger partial charge in [-0.05, 0) is 53.6 Å². The fourth-order valence-electron chi connectivity index (χ4n) is 2.09. The van der Waals surface area contributed by atoms with Crippen molar-refractivity contribution in [2.24, 2.45) is 0 Å². The van der Waals surface area contributed by atoms with Crippen molar-refractivity contribution < 1.29 is 4.74 Å². The second kappa shape index (κ2) is 5.37. The van der Waals surface area contributed by atoms with Crippen LogP contribution in [-0.4, -0.2) is 17.1 Å². The van der Waals surface area contributed by atoms with Crippen LogP contribution < -0.4 is 10.3 Å². The van der Waals surface area contributed by atoms with Gasteiger partial charge in [0.15, 0.2) is 0 Å². The van der Waals surface area contributed by atoms with Gasteiger partial charge in [0.05, 0.1) is 21.9 Å². The Morgan fingerprint density at radius 1 is 1.45 bits per heavy atom. The third kappa shape index (κ3) is 2.56. The number of nitrogens with zero attached hydrogens (tertiary/aromatic N) is 1. The number of ether oxygens (including phenoxy) is 1. The van der Waals surface area contributed by atoms with Gasteiger partial charge >= 0.3 is 0 Å². The predicted octanol–water partition coefficient (Wildman–Crippen LogP) is 3.58. The van der Waals surface area contributed by atoms with E-state index in [1.807, 2.05) is 6.07 Å². The van der Waals surface area contributed by atoms with Crippen molar-refractivity contribution in [1.29, 1.82) is 0 Å². The molecule has 1 aromatic carbocycles. The van der Waals surface area contributed by atoms with Crippen molar-refractivity contribution >= 4 is 34.2 Å². The van der Waals surface area contributed by atoms with Gasteiger partial charge in [-0.15, -0.1) is 0 Å². The summed E-state index contributed by atoms with van der Waals surface area (Å²) < 4.78 is 6.00. The Labute approximate surface area is 134 Å². The molecule has 20 heavy (non-hydrogen) atoms. The highest BCUT2D eigenvalue weighted by molar-refractivity contribution is 14.1. The predicted molar refractivity (Wildman–Crippen MR) is 86.5 cm³/mol. The van der Waals surface area contributed by atoms with Gasteiger partial charge in [-0.3, -0.25) is 4.79 Å². The van der Waals surface area contributed by atoms with Crippen molar-refractivity contribution in [3.63, 3.8) is 0 Å². The van der Waals surface area contributed by atoms with Crippen LogP contribution in [0.25, 0.3) is 11.4 Å². The van der Waals surface area contributed by atoms with Crippen LogP contribution in [0.15, 0.2) is 23.0 Å². The van der Waals surface area contributed by atoms with Crippen LogP contribution in [0.4, 0.5) is 0 Å². The lowest BCUT2D eigenvalue weighted by Gasteiger charge is -2.10. The monoisotopic (exact) mass is 402 g/mol. The minimum Gasteiger partial charge on any atom is -0.496 e. The third-order valence-corrected chi connectivity index (χ3v) is 4.55. The second-order valence-electron chi connectivity index (χ2n) is 4.73. The molecule has 0 unspecified atom stereocenters. The van der Waals surface area contributed by atoms with Crippen molar-refractivity contribution in [1.82, 2.24) is 9.97 Å². The number of methoxy groups -OCH3 is 1. The van der Waals surface area contributed by atoms with Crippen LogP contribution in [0.3, 0.4) is 0 Å². The molecule has 4 nitrogen and oxygen atoms in total. The van der Waals surface area contributed by atoms with Crippen LogP contribution in [0.5, 0.6) is 5.75 Å². The van der Waals surface area contributed by atoms with E-state index in [2.05, 4.69) is 32.6 Å². The number of hydrogen-bond acceptors (Lipinski definition) is 3. The summed E-state index contributed by atoms with van der Waals surface area (Å²) in [6.07, 6.45) is 2.20. The molecular weight excluding hydrogens is 391 g/mol. The SMILES string of the molecule is COc1cc(Cl)ccc1-c1nc(C2CC2)c(I)c(=O)[nH]1. The lowest BCUT2D eigenvalue weighted by atomic mass is 10.1. The average molecular weight is 403 g/mol. The molecule has 0 spiro atoms. The first-order valence-corrected chi connectivity index (χ1v) is 7.69. The lowest BCUT2D eigenvalue weighted by molar-refractivity contribution is 0.416. The van der Waals surface area contributed by atoms with E-state index in [9.17, 15) is 4.79 Å². The Morgan fingerprint density at radius 2 is 2.20 bits per heavy atom. The van der Waals surface area contributed by atoms with Gasteiger partial charge in [0.2, 0.25) is 0 Å². The summed E-state index contributed by atoms with van der Waals surface area (Å²) in [7, 11) is 1.57. The van der Waals surface area contributed by atoms with Crippen LogP contribution in [0.1, 0.15) is 24.5 Å². The van der Waals surface area contributed by atoms with E-state index in [-0.39, 0.29) is 5.56 Å². The maximum absolute atomic E-state index is 12.1. The number of H-pyrrole nitrogens is 1. The van der Waals surface area contributed by atoms with Crippen LogP contribution in [-0.2, 0) is 0 Å². The van der Waals surface area contributed by atoms with Gasteiger partial charge in [0.1, 0.15) is 11.6 Å². The largest absolute Gasteiger partial charge is 0.496 e. The van der Waals surface area contributed by atoms with E-state index in [0.717, 1.165) is 24.1 Å². The molecule has 1 heterocycles. The quantitative estimate of drug-likeness (QED) is 0.799. The number of nitrogens with one attached hydrogen (secondary N) is 1. The van der Waals surface area contributed by atoms with Gasteiger partial charge in [0.25, 0.3) is 5.56 Å². The highest BCUT2D eigenvalue weighted by Gasteiger charge is 2.29. The zero-order valence-corrected chi connectivity index (χ0v) is 13.7. The van der Waals surface area contributed by atoms with Gasteiger partial charge in [0, 0.05) is 10.9 Å². The molecule has 1 aliphatic rings. The van der Waals surface area contributed by atoms with Crippen molar-refractivity contribution in [2.45, 2.75) is 18.8 Å². The van der Waals surface area contributed by atoms with E-state index < -0.39 is 0 Å². The third-order valence-electron chi connectivity index (χ3n) is 3.27. The Bertz CT molecular complexity index is 726. The van der Waals surface area contributed by atoms with Crippen LogP contribution in [0, 0.1) is 3.57 Å². The number of aromatic nitrogens is 2. The molecule has 1 fully saturated rings. The van der Waals surface area contributed by atoms with E-state index in [1.165, 1.54) is 0 Å². The molecule has 1 aliphatic carbocycles. The number of aromatic amines is 1. The molecule has 0 amide bonds. The highest BCUT2D eigenvalue weighted by Crippen LogP contribution is 2.41. The topological polar surface area (TPSA) is 55.0 Å². The van der Waals surface area contributed by atoms with Gasteiger partial charge in [-0.25, -0.2) is 4.98 Å². The second-order valence-corrected chi connectivity index (χ2v) is 6.25. The van der Waals surface area contributed by atoms with Gasteiger partial charge in [-0.1, -0.05) is 11.6 Å². The number of benzene rings is 1. The van der Waals surface area contributed by atoms with Crippen molar-refractivity contribution in [3.05, 3.63) is 42.8 Å². The smallest absolute Gasteiger partial charge is 0.264 e. The molecule has 0 bridgehead atoms. The molecule has 3 rings (SSSR count). The molecule has 0 saturated heterocycles. The standard InChI is InChI=1S/C14H12ClIN2O2/c1-20-10-6-8(15)4-5-9(10)13-17-12(7-2-3-7)11(16)14(19)18-13/h4-7H,2-3H2,1H3,(H,17,18,19). The molecule has 2 aromatic rings. The van der Waals surface area contributed by atoms with Crippen LogP contribution >= 0.6 is 34.2 Å². The summed E-state index contributed by atoms with van der Waals surface area (Å²) >= 11 is 8.02. The van der Waals surface area contributed by atoms with E-state index in [0.29, 0.717) is 26.1 Å². The Kier molecular flexibility index (Phi) is 3.72. The summed E-state index contributed by atoms with van der Waals surface area (Å²) in [5.74, 6) is 1.55. The number of rotatable bonds is 3. The molecule has 6 heteroatoms. The number of hydrogen-bond donors (Lipinski definition) is 1. The summed E-state index contributed by atoms with van der Waals surface area (Å²) in [4.78, 5) is 19.5. The van der Waals surface area contributed by atoms with E-state index in [4.69, 9.17) is 16.3 Å². The minimum atomic E-state index is -0.102. The maximum Gasteiger partial charge on any atom is 0.264 e. The van der Waals surface area contributed by atoms with Gasteiger partial charge in [-0.2, -0.15) is 0 Å². The fourth-order valence-corrected chi connectivity index (χ4v) is 2.95. The molecule has 0 atom stereocenters. The summed E-state index contributed by atoms with van der Waals surface area (Å²) in [6.45, 7) is 0. The normalized spacial score (nSPS) is 14.3. The van der Waals surface area contributed by atoms with E-state index in [1.54, 1.807) is 19.2 Å². The molecule has 1 aromatic heterocycles. The zero-order valence-electron chi connectivity index (χ0n) is 10.7. The molecule has 1 N–H and O–H groups in total. The maximum atomic E-state index is 12.1. The molecule has 0 radical (unpaired) electrons. The first kappa shape index (κ1) is 13.9. The molecule has 0 aliphatic heterocycles. The molecular formula is C14H12ClIN2O2. The minimum absolute atomic E-state index is 0.102. The Morgan fingerprint density at radius 3 is 2.85 bits per heavy atom. The first-order chi connectivity index (χ1) is 9.60. The van der Waals surface area contributed by atoms with Crippen molar-refractivity contribution in [2.75, 3.05) is 7.11 Å².